The fourth-order valence-electron chi connectivity index (χ4n) is 3.36. The van der Waals surface area contributed by atoms with Crippen LogP contribution >= 0.6 is 0 Å². The summed E-state index contributed by atoms with van der Waals surface area (Å²) in [5.74, 6) is 2.08. The molecule has 0 amide bonds. The molecule has 1 fully saturated rings. The Morgan fingerprint density at radius 2 is 2.08 bits per heavy atom. The predicted octanol–water partition coefficient (Wildman–Crippen LogP) is 2.87. The van der Waals surface area contributed by atoms with Gasteiger partial charge in [0.15, 0.2) is 5.82 Å². The highest BCUT2D eigenvalue weighted by Gasteiger charge is 2.19. The van der Waals surface area contributed by atoms with Crippen molar-refractivity contribution in [2.75, 3.05) is 20.1 Å². The Morgan fingerprint density at radius 3 is 2.88 bits per heavy atom. The van der Waals surface area contributed by atoms with Crippen molar-refractivity contribution in [1.82, 2.24) is 24.8 Å². The number of hydrogen-bond acceptors (Lipinski definition) is 5. The summed E-state index contributed by atoms with van der Waals surface area (Å²) in [5, 5.41) is 8.44. The summed E-state index contributed by atoms with van der Waals surface area (Å²) >= 11 is 0. The first kappa shape index (κ1) is 16.0. The predicted molar refractivity (Wildman–Crippen MR) is 95.0 cm³/mol. The maximum absolute atomic E-state index is 5.51. The molecule has 0 saturated carbocycles. The van der Waals surface area contributed by atoms with Crippen molar-refractivity contribution in [1.29, 1.82) is 0 Å². The van der Waals surface area contributed by atoms with E-state index in [0.717, 1.165) is 43.0 Å². The summed E-state index contributed by atoms with van der Waals surface area (Å²) in [6, 6.07) is 10.1. The minimum absolute atomic E-state index is 0.602. The van der Waals surface area contributed by atoms with Gasteiger partial charge in [0.05, 0.1) is 6.54 Å². The summed E-state index contributed by atoms with van der Waals surface area (Å²) < 4.78 is 7.41. The van der Waals surface area contributed by atoms with Gasteiger partial charge in [0.2, 0.25) is 0 Å². The highest BCUT2D eigenvalue weighted by molar-refractivity contribution is 5.54. The summed E-state index contributed by atoms with van der Waals surface area (Å²) in [4.78, 5) is 7.00. The lowest BCUT2D eigenvalue weighted by Gasteiger charge is -2.27. The van der Waals surface area contributed by atoms with Crippen molar-refractivity contribution in [3.8, 4) is 11.5 Å². The van der Waals surface area contributed by atoms with E-state index >= 15 is 0 Å². The van der Waals surface area contributed by atoms with Gasteiger partial charge in [-0.25, -0.2) is 0 Å². The van der Waals surface area contributed by atoms with Crippen molar-refractivity contribution in [3.63, 3.8) is 0 Å². The lowest BCUT2D eigenvalue weighted by atomic mass is 9.94. The second kappa shape index (κ2) is 7.19. The van der Waals surface area contributed by atoms with Gasteiger partial charge < -0.3 is 9.42 Å². The van der Waals surface area contributed by atoms with E-state index in [1.807, 2.05) is 29.1 Å². The van der Waals surface area contributed by atoms with Crippen LogP contribution in [0.3, 0.4) is 0 Å². The van der Waals surface area contributed by atoms with Crippen LogP contribution in [0.25, 0.3) is 11.5 Å². The molecule has 25 heavy (non-hydrogen) atoms. The molecule has 0 unspecified atom stereocenters. The van der Waals surface area contributed by atoms with Crippen LogP contribution in [0, 0.1) is 5.92 Å². The van der Waals surface area contributed by atoms with Crippen LogP contribution in [0.5, 0.6) is 0 Å². The summed E-state index contributed by atoms with van der Waals surface area (Å²) in [6.45, 7) is 3.05. The van der Waals surface area contributed by atoms with Crippen LogP contribution in [0.4, 0.5) is 0 Å². The lowest BCUT2D eigenvalue weighted by Crippen LogP contribution is -2.31. The van der Waals surface area contributed by atoms with Crippen LogP contribution < -0.4 is 0 Å². The van der Waals surface area contributed by atoms with E-state index in [-0.39, 0.29) is 0 Å². The Bertz CT molecular complexity index is 803. The molecule has 0 aliphatic carbocycles. The smallest absolute Gasteiger partial charge is 0.257 e. The summed E-state index contributed by atoms with van der Waals surface area (Å²) in [7, 11) is 2.18. The molecule has 6 heteroatoms. The van der Waals surface area contributed by atoms with Crippen molar-refractivity contribution in [2.45, 2.75) is 25.8 Å². The number of hydrogen-bond donors (Lipinski definition) is 0. The van der Waals surface area contributed by atoms with E-state index in [1.54, 1.807) is 6.20 Å². The highest BCUT2D eigenvalue weighted by atomic mass is 16.5. The Balaban J connectivity index is 1.44. The molecular formula is C19H23N5O. The van der Waals surface area contributed by atoms with Crippen molar-refractivity contribution in [3.05, 3.63) is 54.1 Å². The molecule has 0 bridgehead atoms. The molecule has 1 aliphatic heterocycles. The van der Waals surface area contributed by atoms with Gasteiger partial charge in [-0.1, -0.05) is 17.3 Å². The zero-order valence-electron chi connectivity index (χ0n) is 14.5. The first-order valence-electron chi connectivity index (χ1n) is 8.84. The first-order chi connectivity index (χ1) is 12.3. The monoisotopic (exact) mass is 337 g/mol. The quantitative estimate of drug-likeness (QED) is 0.716. The minimum Gasteiger partial charge on any atom is -0.334 e. The Morgan fingerprint density at radius 1 is 1.20 bits per heavy atom. The molecule has 1 aliphatic rings. The van der Waals surface area contributed by atoms with E-state index in [9.17, 15) is 0 Å². The van der Waals surface area contributed by atoms with Crippen molar-refractivity contribution >= 4 is 0 Å². The van der Waals surface area contributed by atoms with Crippen LogP contribution in [0.2, 0.25) is 0 Å². The number of nitrogens with zero attached hydrogens (tertiary/aromatic N) is 5. The topological polar surface area (TPSA) is 60.0 Å². The largest absolute Gasteiger partial charge is 0.334 e. The molecule has 3 aromatic rings. The van der Waals surface area contributed by atoms with E-state index in [1.165, 1.54) is 12.8 Å². The lowest BCUT2D eigenvalue weighted by molar-refractivity contribution is 0.216. The third kappa shape index (κ3) is 3.96. The molecule has 130 valence electrons. The van der Waals surface area contributed by atoms with Crippen LogP contribution in [-0.2, 0) is 13.0 Å². The average molecular weight is 337 g/mol. The van der Waals surface area contributed by atoms with Gasteiger partial charge in [0, 0.05) is 24.4 Å². The summed E-state index contributed by atoms with van der Waals surface area (Å²) in [6.07, 6.45) is 7.07. The fourth-order valence-corrected chi connectivity index (χ4v) is 3.36. The molecule has 6 nitrogen and oxygen atoms in total. The molecular weight excluding hydrogens is 314 g/mol. The normalized spacial score (nSPS) is 16.4. The van der Waals surface area contributed by atoms with E-state index < -0.39 is 0 Å². The number of likely N-dealkylation sites (tertiary alicyclic amines) is 1. The van der Waals surface area contributed by atoms with Crippen LogP contribution in [0.1, 0.15) is 24.2 Å². The van der Waals surface area contributed by atoms with E-state index in [0.29, 0.717) is 11.8 Å². The highest BCUT2D eigenvalue weighted by Crippen LogP contribution is 2.23. The molecule has 4 rings (SSSR count). The minimum atomic E-state index is 0.602. The maximum Gasteiger partial charge on any atom is 0.257 e. The van der Waals surface area contributed by atoms with Crippen molar-refractivity contribution < 1.29 is 4.52 Å². The van der Waals surface area contributed by atoms with E-state index in [2.05, 4.69) is 39.3 Å². The van der Waals surface area contributed by atoms with Gasteiger partial charge in [-0.2, -0.15) is 10.1 Å². The molecule has 0 spiro atoms. The van der Waals surface area contributed by atoms with Gasteiger partial charge >= 0.3 is 0 Å². The Labute approximate surface area is 147 Å². The van der Waals surface area contributed by atoms with Gasteiger partial charge in [-0.15, -0.1) is 0 Å². The molecule has 1 saturated heterocycles. The first-order valence-corrected chi connectivity index (χ1v) is 8.84. The van der Waals surface area contributed by atoms with Gasteiger partial charge in [-0.05, 0) is 62.7 Å². The number of piperidine rings is 1. The second-order valence-electron chi connectivity index (χ2n) is 6.87. The van der Waals surface area contributed by atoms with Crippen molar-refractivity contribution in [2.24, 2.45) is 5.92 Å². The molecule has 0 N–H and O–H groups in total. The molecule has 0 radical (unpaired) electrons. The zero-order chi connectivity index (χ0) is 17.1. The third-order valence-electron chi connectivity index (χ3n) is 4.86. The Kier molecular flexibility index (Phi) is 4.61. The SMILES string of the molecule is CN1CCC(Cc2noc(-c3cccc(Cn4cccn4)c3)n2)CC1. The Hall–Kier alpha value is -2.47. The molecule has 1 aromatic carbocycles. The standard InChI is InChI=1S/C19H23N5O/c1-23-10-6-15(7-11-23)13-18-21-19(25-22-18)17-5-2-4-16(12-17)14-24-9-3-8-20-24/h2-5,8-9,12,15H,6-7,10-11,13-14H2,1H3. The van der Waals surface area contributed by atoms with Gasteiger partial charge in [0.25, 0.3) is 5.89 Å². The van der Waals surface area contributed by atoms with Gasteiger partial charge in [-0.3, -0.25) is 4.68 Å². The molecule has 2 aromatic heterocycles. The fraction of sp³-hybridized carbons (Fsp3) is 0.421. The maximum atomic E-state index is 5.51. The summed E-state index contributed by atoms with van der Waals surface area (Å²) in [5.41, 5.74) is 2.13. The number of aromatic nitrogens is 4. The second-order valence-corrected chi connectivity index (χ2v) is 6.87. The molecule has 0 atom stereocenters. The molecule has 3 heterocycles. The number of rotatable bonds is 5. The van der Waals surface area contributed by atoms with Crippen LogP contribution in [0.15, 0.2) is 47.2 Å². The van der Waals surface area contributed by atoms with Crippen LogP contribution in [-0.4, -0.2) is 45.0 Å². The number of benzene rings is 1. The average Bonchev–Trinajstić information content (AvgIpc) is 3.29. The van der Waals surface area contributed by atoms with Gasteiger partial charge in [0.1, 0.15) is 0 Å². The zero-order valence-corrected chi connectivity index (χ0v) is 14.5. The third-order valence-corrected chi connectivity index (χ3v) is 4.86. The van der Waals surface area contributed by atoms with E-state index in [4.69, 9.17) is 4.52 Å².